The van der Waals surface area contributed by atoms with E-state index >= 15 is 0 Å². The SMILES string of the molecule is CC(C)C1CC2C(c3ccc(C(C)(C)C)cc3)CCCC2C1[Si](C)(C)C1C(C)CC2C(c3ccc(C(C)(C)C)cc3)CCCC21.[CH3-].[CH3-].[Cl][Zr+2][Cl]. The van der Waals surface area contributed by atoms with Gasteiger partial charge in [0, 0.05) is 0 Å². The number of fused-ring (bicyclic) bond motifs is 2. The fraction of sp³-hybridized carbons (Fsp3) is 0.696. The summed E-state index contributed by atoms with van der Waals surface area (Å²) in [5.74, 6) is 7.90. The molecule has 4 fully saturated rings. The van der Waals surface area contributed by atoms with Crippen molar-refractivity contribution in [2.24, 2.45) is 41.4 Å². The molecule has 0 radical (unpaired) electrons. The predicted octanol–water partition coefficient (Wildman–Crippen LogP) is 15.4. The molecule has 280 valence electrons. The van der Waals surface area contributed by atoms with Crippen molar-refractivity contribution >= 4 is 25.1 Å². The number of halogens is 2. The van der Waals surface area contributed by atoms with Gasteiger partial charge in [0.15, 0.2) is 0 Å². The number of hydrogen-bond donors (Lipinski definition) is 0. The van der Waals surface area contributed by atoms with Gasteiger partial charge in [-0.3, -0.25) is 0 Å². The zero-order chi connectivity index (χ0) is 35.2. The standard InChI is InChI=1S/C44H68Si.2CH3.2ClH.Zr/c1-28(2)38-27-40-35(31-20-24-33(25-21-31)44(7,8)9)15-13-17-37(40)42(38)45(10,11)41-29(3)26-39-34(14-12-16-36(39)41)30-18-22-32(23-19-30)43(4,5)6;;;;;/h18-25,28-29,34-42H,12-17,26-27H2,1-11H3;2*1H3;2*1H;/q;2*-1;;;+4/p-2. The van der Waals surface area contributed by atoms with Crippen LogP contribution in [0.25, 0.3) is 0 Å². The first-order valence-corrected chi connectivity index (χ1v) is 29.2. The van der Waals surface area contributed by atoms with Crippen LogP contribution in [-0.4, -0.2) is 8.07 Å². The summed E-state index contributed by atoms with van der Waals surface area (Å²) < 4.78 is 0. The molecule has 0 saturated heterocycles. The second kappa shape index (κ2) is 17.7. The van der Waals surface area contributed by atoms with E-state index in [2.05, 4.69) is 124 Å². The normalized spacial score (nSPS) is 32.4. The zero-order valence-electron chi connectivity index (χ0n) is 34.4. The third-order valence-corrected chi connectivity index (χ3v) is 19.7. The second-order valence-corrected chi connectivity index (χ2v) is 28.5. The Bertz CT molecular complexity index is 1320. The van der Waals surface area contributed by atoms with Gasteiger partial charge in [-0.25, -0.2) is 0 Å². The van der Waals surface area contributed by atoms with Crippen molar-refractivity contribution in [1.82, 2.24) is 0 Å². The van der Waals surface area contributed by atoms with E-state index in [0.29, 0.717) is 0 Å². The van der Waals surface area contributed by atoms with E-state index < -0.39 is 28.9 Å². The van der Waals surface area contributed by atoms with Crippen LogP contribution in [0.1, 0.15) is 148 Å². The van der Waals surface area contributed by atoms with Crippen LogP contribution in [0.15, 0.2) is 48.5 Å². The summed E-state index contributed by atoms with van der Waals surface area (Å²) >= 11 is -0.826. The van der Waals surface area contributed by atoms with Crippen molar-refractivity contribution in [3.05, 3.63) is 85.6 Å². The summed E-state index contributed by atoms with van der Waals surface area (Å²) in [6.07, 6.45) is 11.7. The summed E-state index contributed by atoms with van der Waals surface area (Å²) in [6.45, 7) is 27.8. The van der Waals surface area contributed by atoms with Crippen LogP contribution in [0.2, 0.25) is 24.2 Å². The average Bonchev–Trinajstić information content (AvgIpc) is 3.59. The van der Waals surface area contributed by atoms with E-state index in [9.17, 15) is 0 Å². The topological polar surface area (TPSA) is 0 Å². The third-order valence-electron chi connectivity index (χ3n) is 14.4. The molecule has 0 bridgehead atoms. The van der Waals surface area contributed by atoms with Crippen molar-refractivity contribution in [1.29, 1.82) is 0 Å². The molecule has 0 aliphatic heterocycles. The van der Waals surface area contributed by atoms with Gasteiger partial charge in [-0.1, -0.05) is 150 Å². The van der Waals surface area contributed by atoms with E-state index in [1.54, 1.807) is 11.1 Å². The Balaban J connectivity index is 0.00000131. The Morgan fingerprint density at radius 1 is 0.620 bits per heavy atom. The molecule has 6 rings (SSSR count). The second-order valence-electron chi connectivity index (χ2n) is 19.8. The minimum atomic E-state index is -1.57. The van der Waals surface area contributed by atoms with Crippen molar-refractivity contribution in [2.75, 3.05) is 0 Å². The van der Waals surface area contributed by atoms with Crippen molar-refractivity contribution < 1.29 is 20.8 Å². The third kappa shape index (κ3) is 9.14. The maximum absolute atomic E-state index is 4.93. The van der Waals surface area contributed by atoms with Gasteiger partial charge < -0.3 is 14.9 Å². The molecule has 4 aliphatic rings. The average molecular weight is 817 g/mol. The Hall–Kier alpha value is 0.120. The first-order valence-electron chi connectivity index (χ1n) is 19.7. The molecule has 0 amide bonds. The molecular weight excluding hydrogens is 743 g/mol. The van der Waals surface area contributed by atoms with Crippen LogP contribution in [0.3, 0.4) is 0 Å². The van der Waals surface area contributed by atoms with Crippen LogP contribution < -0.4 is 0 Å². The summed E-state index contributed by atoms with van der Waals surface area (Å²) in [4.78, 5) is 0. The molecule has 2 aromatic rings. The van der Waals surface area contributed by atoms with Gasteiger partial charge in [0.2, 0.25) is 0 Å². The van der Waals surface area contributed by atoms with Gasteiger partial charge in [0.25, 0.3) is 0 Å². The minimum absolute atomic E-state index is 0. The Kier molecular flexibility index (Phi) is 15.8. The van der Waals surface area contributed by atoms with E-state index in [0.717, 1.165) is 64.3 Å². The van der Waals surface area contributed by atoms with Crippen molar-refractivity contribution in [3.63, 3.8) is 0 Å². The monoisotopic (exact) mass is 814 g/mol. The van der Waals surface area contributed by atoms with Gasteiger partial charge in [-0.2, -0.15) is 0 Å². The molecule has 50 heavy (non-hydrogen) atoms. The molecule has 0 aromatic heterocycles. The van der Waals surface area contributed by atoms with E-state index in [-0.39, 0.29) is 25.7 Å². The van der Waals surface area contributed by atoms with Gasteiger partial charge in [0.1, 0.15) is 0 Å². The Labute approximate surface area is 331 Å². The van der Waals surface area contributed by atoms with Crippen molar-refractivity contribution in [2.45, 2.75) is 161 Å². The quantitative estimate of drug-likeness (QED) is 0.208. The molecule has 4 aliphatic carbocycles. The molecule has 0 spiro atoms. The van der Waals surface area contributed by atoms with Gasteiger partial charge in [0.05, 0.1) is 8.07 Å². The van der Waals surface area contributed by atoms with Crippen molar-refractivity contribution in [3.8, 4) is 0 Å². The van der Waals surface area contributed by atoms with E-state index in [4.69, 9.17) is 17.0 Å². The fourth-order valence-corrected chi connectivity index (χ4v) is 19.2. The fourth-order valence-electron chi connectivity index (χ4n) is 12.5. The van der Waals surface area contributed by atoms with Crippen LogP contribution in [0.5, 0.6) is 0 Å². The Morgan fingerprint density at radius 3 is 1.38 bits per heavy atom. The summed E-state index contributed by atoms with van der Waals surface area (Å²) in [6, 6.07) is 20.0. The Morgan fingerprint density at radius 2 is 1.00 bits per heavy atom. The van der Waals surface area contributed by atoms with Gasteiger partial charge in [-0.05, 0) is 123 Å². The molecule has 4 heteroatoms. The molecule has 10 atom stereocenters. The number of hydrogen-bond acceptors (Lipinski definition) is 0. The molecule has 4 saturated carbocycles. The molecule has 0 heterocycles. The van der Waals surface area contributed by atoms with Gasteiger partial charge in [-0.15, -0.1) is 0 Å². The maximum atomic E-state index is 4.93. The van der Waals surface area contributed by atoms with Crippen LogP contribution in [-0.2, 0) is 31.7 Å². The van der Waals surface area contributed by atoms with E-state index in [1.807, 2.05) is 0 Å². The first kappa shape index (κ1) is 44.5. The zero-order valence-corrected chi connectivity index (χ0v) is 39.4. The van der Waals surface area contributed by atoms with Crippen LogP contribution in [0.4, 0.5) is 0 Å². The molecule has 10 unspecified atom stereocenters. The summed E-state index contributed by atoms with van der Waals surface area (Å²) in [5, 5.41) is 0. The molecular formula is C46H74Cl2SiZr. The molecule has 0 N–H and O–H groups in total. The number of rotatable bonds is 5. The van der Waals surface area contributed by atoms with Crippen LogP contribution >= 0.6 is 17.0 Å². The van der Waals surface area contributed by atoms with E-state index in [1.165, 1.54) is 62.5 Å². The van der Waals surface area contributed by atoms with Crippen LogP contribution in [0, 0.1) is 56.3 Å². The molecule has 2 aromatic carbocycles. The first-order chi connectivity index (χ1) is 22.5. The van der Waals surface area contributed by atoms with Gasteiger partial charge >= 0.3 is 37.9 Å². The summed E-state index contributed by atoms with van der Waals surface area (Å²) in [5.41, 5.74) is 8.73. The number of benzene rings is 2. The predicted molar refractivity (Wildman–Crippen MR) is 224 cm³/mol. The molecule has 0 nitrogen and oxygen atoms in total. The summed E-state index contributed by atoms with van der Waals surface area (Å²) in [7, 11) is 8.30.